The highest BCUT2D eigenvalue weighted by atomic mass is 16.5. The summed E-state index contributed by atoms with van der Waals surface area (Å²) < 4.78 is 5.37. The maximum atomic E-state index is 12.7. The van der Waals surface area contributed by atoms with Crippen molar-refractivity contribution in [1.29, 1.82) is 5.26 Å². The van der Waals surface area contributed by atoms with Crippen molar-refractivity contribution in [2.24, 2.45) is 0 Å². The number of amides is 1. The Labute approximate surface area is 175 Å². The zero-order valence-electron chi connectivity index (χ0n) is 17.4. The average Bonchev–Trinajstić information content (AvgIpc) is 2.72. The molecule has 1 atom stereocenters. The van der Waals surface area contributed by atoms with Gasteiger partial charge in [0, 0.05) is 25.2 Å². The highest BCUT2D eigenvalue weighted by Crippen LogP contribution is 2.20. The Hall–Kier alpha value is -3.40. The van der Waals surface area contributed by atoms with E-state index < -0.39 is 17.6 Å². The monoisotopic (exact) mass is 407 g/mol. The summed E-state index contributed by atoms with van der Waals surface area (Å²) in [6, 6.07) is 9.92. The highest BCUT2D eigenvalue weighted by molar-refractivity contribution is 5.83. The molecule has 7 nitrogen and oxygen atoms in total. The fourth-order valence-electron chi connectivity index (χ4n) is 3.89. The van der Waals surface area contributed by atoms with Crippen molar-refractivity contribution in [3.8, 4) is 6.07 Å². The number of H-pyrrole nitrogens is 1. The van der Waals surface area contributed by atoms with Crippen molar-refractivity contribution >= 4 is 11.9 Å². The summed E-state index contributed by atoms with van der Waals surface area (Å²) in [5.74, 6) is -0.696. The van der Waals surface area contributed by atoms with E-state index in [-0.39, 0.29) is 17.9 Å². The fourth-order valence-corrected chi connectivity index (χ4v) is 3.89. The minimum atomic E-state index is -0.866. The van der Waals surface area contributed by atoms with Crippen LogP contribution in [-0.2, 0) is 33.7 Å². The van der Waals surface area contributed by atoms with Crippen LogP contribution in [0.15, 0.2) is 29.1 Å². The van der Waals surface area contributed by atoms with Gasteiger partial charge in [-0.25, -0.2) is 0 Å². The number of carbonyl (C=O) groups is 2. The minimum absolute atomic E-state index is 0.0536. The van der Waals surface area contributed by atoms with Gasteiger partial charge in [0.25, 0.3) is 11.5 Å². The number of carbonyl (C=O) groups excluding carboxylic acids is 2. The van der Waals surface area contributed by atoms with Gasteiger partial charge >= 0.3 is 5.97 Å². The first-order valence-corrected chi connectivity index (χ1v) is 9.99. The van der Waals surface area contributed by atoms with Crippen molar-refractivity contribution in [2.75, 3.05) is 6.54 Å². The summed E-state index contributed by atoms with van der Waals surface area (Å²) in [5, 5.41) is 9.15. The number of rotatable bonds is 5. The Kier molecular flexibility index (Phi) is 6.36. The molecule has 0 fully saturated rings. The Morgan fingerprint density at radius 2 is 1.97 bits per heavy atom. The number of esters is 1. The maximum absolute atomic E-state index is 12.7. The Bertz CT molecular complexity index is 1080. The largest absolute Gasteiger partial charge is 0.453 e. The Morgan fingerprint density at radius 3 is 2.67 bits per heavy atom. The molecule has 0 bridgehead atoms. The van der Waals surface area contributed by atoms with Crippen LogP contribution in [0.3, 0.4) is 0 Å². The van der Waals surface area contributed by atoms with Crippen molar-refractivity contribution in [1.82, 2.24) is 9.88 Å². The van der Waals surface area contributed by atoms with Gasteiger partial charge in [0.2, 0.25) is 0 Å². The van der Waals surface area contributed by atoms with Crippen molar-refractivity contribution in [3.63, 3.8) is 0 Å². The van der Waals surface area contributed by atoms with E-state index in [9.17, 15) is 14.4 Å². The topological polar surface area (TPSA) is 103 Å². The number of hydrogen-bond donors (Lipinski definition) is 1. The van der Waals surface area contributed by atoms with E-state index in [1.54, 1.807) is 25.7 Å². The number of ether oxygens (including phenoxy) is 1. The van der Waals surface area contributed by atoms with Gasteiger partial charge in [0.15, 0.2) is 6.10 Å². The molecule has 2 heterocycles. The number of pyridine rings is 1. The number of benzene rings is 1. The van der Waals surface area contributed by atoms with Crippen molar-refractivity contribution in [2.45, 2.75) is 52.7 Å². The van der Waals surface area contributed by atoms with Crippen LogP contribution in [0, 0.1) is 25.2 Å². The second kappa shape index (κ2) is 8.95. The molecule has 156 valence electrons. The smallest absolute Gasteiger partial charge is 0.306 e. The van der Waals surface area contributed by atoms with Crippen LogP contribution < -0.4 is 5.56 Å². The summed E-state index contributed by atoms with van der Waals surface area (Å²) in [5.41, 5.74) is 3.93. The fraction of sp³-hybridized carbons (Fsp3) is 0.391. The second-order valence-electron chi connectivity index (χ2n) is 7.58. The van der Waals surface area contributed by atoms with Crippen LogP contribution in [0.4, 0.5) is 0 Å². The van der Waals surface area contributed by atoms with E-state index in [0.717, 1.165) is 17.5 Å². The number of fused-ring (bicyclic) bond motifs is 1. The normalized spacial score (nSPS) is 13.9. The minimum Gasteiger partial charge on any atom is -0.453 e. The van der Waals surface area contributed by atoms with Gasteiger partial charge in [-0.3, -0.25) is 14.4 Å². The molecule has 7 heteroatoms. The lowest BCUT2D eigenvalue weighted by Crippen LogP contribution is -2.42. The number of nitrogens with one attached hydrogen (secondary N) is 1. The van der Waals surface area contributed by atoms with Gasteiger partial charge in [-0.05, 0) is 55.9 Å². The van der Waals surface area contributed by atoms with Crippen molar-refractivity contribution in [3.05, 3.63) is 68.1 Å². The Balaban J connectivity index is 1.59. The summed E-state index contributed by atoms with van der Waals surface area (Å²) in [6.45, 7) is 6.14. The molecule has 0 saturated heterocycles. The van der Waals surface area contributed by atoms with Gasteiger partial charge in [-0.1, -0.05) is 24.3 Å². The summed E-state index contributed by atoms with van der Waals surface area (Å²) >= 11 is 0. The lowest BCUT2D eigenvalue weighted by Gasteiger charge is -2.30. The van der Waals surface area contributed by atoms with Crippen LogP contribution in [-0.4, -0.2) is 34.4 Å². The van der Waals surface area contributed by atoms with E-state index in [4.69, 9.17) is 10.00 Å². The van der Waals surface area contributed by atoms with Gasteiger partial charge in [0.05, 0.1) is 0 Å². The third-order valence-corrected chi connectivity index (χ3v) is 5.60. The van der Waals surface area contributed by atoms with Gasteiger partial charge in [-0.15, -0.1) is 0 Å². The summed E-state index contributed by atoms with van der Waals surface area (Å²) in [6.07, 6.45) is 0.295. The molecule has 0 aliphatic carbocycles. The SMILES string of the molecule is Cc1[nH]c(=O)c(C#N)c(C)c1CCC(=O)O[C@H](C)C(=O)N1CCc2ccccc2C1. The molecular formula is C23H25N3O4. The van der Waals surface area contributed by atoms with E-state index in [2.05, 4.69) is 11.1 Å². The first kappa shape index (κ1) is 21.3. The first-order chi connectivity index (χ1) is 14.3. The Morgan fingerprint density at radius 1 is 1.27 bits per heavy atom. The number of aromatic amines is 1. The number of aromatic nitrogens is 1. The van der Waals surface area contributed by atoms with Crippen LogP contribution in [0.2, 0.25) is 0 Å². The number of hydrogen-bond acceptors (Lipinski definition) is 5. The highest BCUT2D eigenvalue weighted by Gasteiger charge is 2.27. The molecule has 2 aromatic rings. The van der Waals surface area contributed by atoms with E-state index in [1.165, 1.54) is 5.56 Å². The number of nitrogens with zero attached hydrogens (tertiary/aromatic N) is 2. The van der Waals surface area contributed by atoms with Crippen LogP contribution >= 0.6 is 0 Å². The van der Waals surface area contributed by atoms with Gasteiger partial charge in [0.1, 0.15) is 11.6 Å². The molecule has 1 aromatic heterocycles. The van der Waals surface area contributed by atoms with Crippen molar-refractivity contribution < 1.29 is 14.3 Å². The molecule has 0 radical (unpaired) electrons. The molecule has 3 rings (SSSR count). The standard InChI is InChI=1S/C23H25N3O4/c1-14-19(15(2)25-22(28)20(14)12-24)8-9-21(27)30-16(3)23(29)26-11-10-17-6-4-5-7-18(17)13-26/h4-7,16H,8-11,13H2,1-3H3,(H,25,28)/t16-/m1/s1. The molecule has 1 aliphatic heterocycles. The molecule has 30 heavy (non-hydrogen) atoms. The third-order valence-electron chi connectivity index (χ3n) is 5.60. The quantitative estimate of drug-likeness (QED) is 0.766. The van der Waals surface area contributed by atoms with E-state index in [0.29, 0.717) is 30.8 Å². The zero-order chi connectivity index (χ0) is 21.8. The lowest BCUT2D eigenvalue weighted by atomic mass is 9.99. The molecule has 0 spiro atoms. The van der Waals surface area contributed by atoms with Crippen LogP contribution in [0.25, 0.3) is 0 Å². The third kappa shape index (κ3) is 4.43. The molecule has 1 N–H and O–H groups in total. The maximum Gasteiger partial charge on any atom is 0.306 e. The second-order valence-corrected chi connectivity index (χ2v) is 7.58. The predicted molar refractivity (Wildman–Crippen MR) is 111 cm³/mol. The molecule has 0 saturated carbocycles. The van der Waals surface area contributed by atoms with Gasteiger partial charge < -0.3 is 14.6 Å². The molecular weight excluding hydrogens is 382 g/mol. The zero-order valence-corrected chi connectivity index (χ0v) is 17.4. The first-order valence-electron chi connectivity index (χ1n) is 9.99. The predicted octanol–water partition coefficient (Wildman–Crippen LogP) is 2.31. The summed E-state index contributed by atoms with van der Waals surface area (Å²) in [7, 11) is 0. The molecule has 0 unspecified atom stereocenters. The van der Waals surface area contributed by atoms with E-state index in [1.807, 2.05) is 24.3 Å². The molecule has 1 aliphatic rings. The molecule has 1 aromatic carbocycles. The number of aryl methyl sites for hydroxylation is 1. The van der Waals surface area contributed by atoms with E-state index >= 15 is 0 Å². The van der Waals surface area contributed by atoms with Crippen LogP contribution in [0.1, 0.15) is 46.9 Å². The number of nitriles is 1. The summed E-state index contributed by atoms with van der Waals surface area (Å²) in [4.78, 5) is 41.2. The molecule has 1 amide bonds. The lowest BCUT2D eigenvalue weighted by molar-refractivity contribution is -0.159. The van der Waals surface area contributed by atoms with Gasteiger partial charge in [-0.2, -0.15) is 5.26 Å². The van der Waals surface area contributed by atoms with Crippen LogP contribution in [0.5, 0.6) is 0 Å². The average molecular weight is 407 g/mol.